The van der Waals surface area contributed by atoms with Gasteiger partial charge in [0.05, 0.1) is 23.6 Å². The summed E-state index contributed by atoms with van der Waals surface area (Å²) >= 11 is 0. The summed E-state index contributed by atoms with van der Waals surface area (Å²) in [5, 5.41) is 6.98. The first-order valence-electron chi connectivity index (χ1n) is 8.29. The lowest BCUT2D eigenvalue weighted by Crippen LogP contribution is -2.44. The second-order valence-electron chi connectivity index (χ2n) is 6.67. The third kappa shape index (κ3) is 2.32. The number of ether oxygens (including phenoxy) is 1. The predicted molar refractivity (Wildman–Crippen MR) is 91.4 cm³/mol. The average molecular weight is 308 g/mol. The van der Waals surface area contributed by atoms with E-state index in [2.05, 4.69) is 44.8 Å². The van der Waals surface area contributed by atoms with Gasteiger partial charge in [0.25, 0.3) is 0 Å². The number of nitrogens with one attached hydrogen (secondary N) is 2. The third-order valence-corrected chi connectivity index (χ3v) is 5.04. The maximum Gasteiger partial charge on any atom is 0.135 e. The molecule has 3 aliphatic rings. The Balaban J connectivity index is 1.44. The molecule has 2 aromatic rings. The van der Waals surface area contributed by atoms with E-state index < -0.39 is 0 Å². The van der Waals surface area contributed by atoms with Crippen LogP contribution in [-0.2, 0) is 11.3 Å². The Morgan fingerprint density at radius 1 is 1.17 bits per heavy atom. The van der Waals surface area contributed by atoms with Crippen molar-refractivity contribution in [2.24, 2.45) is 0 Å². The number of hydrogen-bond acceptors (Lipinski definition) is 5. The Labute approximate surface area is 135 Å². The molecule has 23 heavy (non-hydrogen) atoms. The molecule has 5 nitrogen and oxygen atoms in total. The van der Waals surface area contributed by atoms with E-state index in [1.807, 2.05) is 12.3 Å². The van der Waals surface area contributed by atoms with Crippen molar-refractivity contribution in [2.75, 3.05) is 35.2 Å². The van der Waals surface area contributed by atoms with E-state index >= 15 is 0 Å². The normalized spacial score (nSPS) is 20.8. The molecule has 1 aliphatic carbocycles. The molecule has 5 rings (SSSR count). The molecule has 1 saturated heterocycles. The Morgan fingerprint density at radius 3 is 3.04 bits per heavy atom. The van der Waals surface area contributed by atoms with Gasteiger partial charge in [-0.3, -0.25) is 0 Å². The minimum atomic E-state index is 0.150. The zero-order valence-corrected chi connectivity index (χ0v) is 13.0. The molecule has 1 aromatic heterocycles. The first kappa shape index (κ1) is 13.2. The lowest BCUT2D eigenvalue weighted by Gasteiger charge is -2.35. The van der Waals surface area contributed by atoms with Crippen LogP contribution in [0.4, 0.5) is 22.9 Å². The highest BCUT2D eigenvalue weighted by Gasteiger charge is 2.47. The standard InChI is InChI=1S/C18H20N4O/c1-2-13-11-20-16-10-14(3-4-15(16)21-17(13)19-7-1)22-8-9-23-18(12-22)5-6-18/h1-4,7,10,20H,5-6,8-9,11-12H2,(H,19,21). The Morgan fingerprint density at radius 2 is 2.13 bits per heavy atom. The summed E-state index contributed by atoms with van der Waals surface area (Å²) in [7, 11) is 0. The van der Waals surface area contributed by atoms with Gasteiger partial charge in [-0.1, -0.05) is 6.07 Å². The van der Waals surface area contributed by atoms with E-state index in [0.29, 0.717) is 0 Å². The molecule has 0 radical (unpaired) electrons. The van der Waals surface area contributed by atoms with Crippen LogP contribution >= 0.6 is 0 Å². The molecule has 1 spiro atoms. The summed E-state index contributed by atoms with van der Waals surface area (Å²) in [6.45, 7) is 3.61. The number of nitrogens with zero attached hydrogens (tertiary/aromatic N) is 2. The van der Waals surface area contributed by atoms with Crippen LogP contribution in [0.2, 0.25) is 0 Å². The van der Waals surface area contributed by atoms with Crippen molar-refractivity contribution in [1.82, 2.24) is 4.98 Å². The van der Waals surface area contributed by atoms with Crippen molar-refractivity contribution in [2.45, 2.75) is 25.0 Å². The zero-order chi connectivity index (χ0) is 15.3. The van der Waals surface area contributed by atoms with E-state index in [-0.39, 0.29) is 5.60 Å². The minimum absolute atomic E-state index is 0.150. The maximum atomic E-state index is 5.93. The topological polar surface area (TPSA) is 49.4 Å². The maximum absolute atomic E-state index is 5.93. The molecule has 5 heteroatoms. The summed E-state index contributed by atoms with van der Waals surface area (Å²) in [5.41, 5.74) is 4.83. The summed E-state index contributed by atoms with van der Waals surface area (Å²) in [6.07, 6.45) is 4.23. The van der Waals surface area contributed by atoms with Crippen LogP contribution in [0.5, 0.6) is 0 Å². The van der Waals surface area contributed by atoms with Crippen molar-refractivity contribution in [3.8, 4) is 0 Å². The molecule has 2 fully saturated rings. The van der Waals surface area contributed by atoms with Crippen molar-refractivity contribution >= 4 is 22.9 Å². The summed E-state index contributed by atoms with van der Waals surface area (Å²) < 4.78 is 5.93. The van der Waals surface area contributed by atoms with Gasteiger partial charge in [-0.25, -0.2) is 4.98 Å². The van der Waals surface area contributed by atoms with Crippen LogP contribution in [0.3, 0.4) is 0 Å². The van der Waals surface area contributed by atoms with Crippen LogP contribution in [-0.4, -0.2) is 30.3 Å². The molecule has 0 unspecified atom stereocenters. The largest absolute Gasteiger partial charge is 0.379 e. The number of benzene rings is 1. The van der Waals surface area contributed by atoms with Crippen molar-refractivity contribution in [3.05, 3.63) is 42.1 Å². The molecule has 0 atom stereocenters. The van der Waals surface area contributed by atoms with Crippen LogP contribution in [0.25, 0.3) is 0 Å². The van der Waals surface area contributed by atoms with Gasteiger partial charge < -0.3 is 20.3 Å². The van der Waals surface area contributed by atoms with Gasteiger partial charge in [0.2, 0.25) is 0 Å². The Kier molecular flexibility index (Phi) is 2.79. The van der Waals surface area contributed by atoms with Gasteiger partial charge >= 0.3 is 0 Å². The number of fused-ring (bicyclic) bond motifs is 2. The van der Waals surface area contributed by atoms with Gasteiger partial charge in [0.1, 0.15) is 5.82 Å². The van der Waals surface area contributed by atoms with Gasteiger partial charge in [0.15, 0.2) is 0 Å². The predicted octanol–water partition coefficient (Wildman–Crippen LogP) is 3.12. The number of aromatic nitrogens is 1. The number of anilines is 4. The first-order chi connectivity index (χ1) is 11.3. The highest BCUT2D eigenvalue weighted by molar-refractivity contribution is 5.80. The van der Waals surface area contributed by atoms with Crippen LogP contribution < -0.4 is 15.5 Å². The van der Waals surface area contributed by atoms with Crippen molar-refractivity contribution in [1.29, 1.82) is 0 Å². The minimum Gasteiger partial charge on any atom is -0.379 e. The molecule has 0 amide bonds. The van der Waals surface area contributed by atoms with Gasteiger partial charge in [-0.2, -0.15) is 0 Å². The lowest BCUT2D eigenvalue weighted by atomic mass is 10.2. The molecule has 1 saturated carbocycles. The SMILES string of the molecule is c1cnc2c(c1)CNc1cc(N3CCOC4(CC4)C3)ccc1N2. The summed E-state index contributed by atoms with van der Waals surface area (Å²) in [4.78, 5) is 6.89. The fourth-order valence-corrected chi connectivity index (χ4v) is 3.50. The molecular weight excluding hydrogens is 288 g/mol. The zero-order valence-electron chi connectivity index (χ0n) is 13.0. The highest BCUT2D eigenvalue weighted by atomic mass is 16.5. The second-order valence-corrected chi connectivity index (χ2v) is 6.67. The number of morpholine rings is 1. The fraction of sp³-hybridized carbons (Fsp3) is 0.389. The molecular formula is C18H20N4O. The van der Waals surface area contributed by atoms with Gasteiger partial charge in [0, 0.05) is 37.1 Å². The third-order valence-electron chi connectivity index (χ3n) is 5.04. The van der Waals surface area contributed by atoms with Crippen LogP contribution in [0.15, 0.2) is 36.5 Å². The molecule has 2 N–H and O–H groups in total. The van der Waals surface area contributed by atoms with Crippen LogP contribution in [0.1, 0.15) is 18.4 Å². The quantitative estimate of drug-likeness (QED) is 0.848. The Bertz CT molecular complexity index is 756. The lowest BCUT2D eigenvalue weighted by molar-refractivity contribution is 0.0206. The van der Waals surface area contributed by atoms with Gasteiger partial charge in [-0.05, 0) is 37.1 Å². The molecule has 2 aliphatic heterocycles. The smallest absolute Gasteiger partial charge is 0.135 e. The van der Waals surface area contributed by atoms with E-state index in [1.54, 1.807) is 0 Å². The molecule has 3 heterocycles. The summed E-state index contributed by atoms with van der Waals surface area (Å²) in [5.74, 6) is 0.940. The van der Waals surface area contributed by atoms with E-state index in [0.717, 1.165) is 43.4 Å². The van der Waals surface area contributed by atoms with Crippen molar-refractivity contribution in [3.63, 3.8) is 0 Å². The number of rotatable bonds is 1. The van der Waals surface area contributed by atoms with Crippen LogP contribution in [0, 0.1) is 0 Å². The average Bonchev–Trinajstić information content (AvgIpc) is 3.36. The fourth-order valence-electron chi connectivity index (χ4n) is 3.50. The van der Waals surface area contributed by atoms with E-state index in [9.17, 15) is 0 Å². The molecule has 0 bridgehead atoms. The molecule has 118 valence electrons. The van der Waals surface area contributed by atoms with Crippen molar-refractivity contribution < 1.29 is 4.74 Å². The van der Waals surface area contributed by atoms with Gasteiger partial charge in [-0.15, -0.1) is 0 Å². The second kappa shape index (κ2) is 4.86. The molecule has 1 aromatic carbocycles. The van der Waals surface area contributed by atoms with E-state index in [1.165, 1.54) is 24.1 Å². The first-order valence-corrected chi connectivity index (χ1v) is 8.29. The summed E-state index contributed by atoms with van der Waals surface area (Å²) in [6, 6.07) is 10.7. The Hall–Kier alpha value is -2.27. The number of hydrogen-bond donors (Lipinski definition) is 2. The monoisotopic (exact) mass is 308 g/mol. The van der Waals surface area contributed by atoms with E-state index in [4.69, 9.17) is 4.74 Å². The number of pyridine rings is 1. The highest BCUT2D eigenvalue weighted by Crippen LogP contribution is 2.43.